The van der Waals surface area contributed by atoms with Gasteiger partial charge >= 0.3 is 5.97 Å². The number of amides is 2. The highest BCUT2D eigenvalue weighted by molar-refractivity contribution is 8.00. The van der Waals surface area contributed by atoms with E-state index in [1.54, 1.807) is 66.7 Å². The molecular weight excluding hydrogens is 531 g/mol. The molecule has 1 atom stereocenters. The van der Waals surface area contributed by atoms with Gasteiger partial charge in [0.25, 0.3) is 5.91 Å². The third-order valence-electron chi connectivity index (χ3n) is 5.54. The van der Waals surface area contributed by atoms with Crippen LogP contribution < -0.4 is 10.6 Å². The first-order chi connectivity index (χ1) is 17.7. The molecular formula is C28H22Cl2N2O4S. The largest absolute Gasteiger partial charge is 0.478 e. The molecule has 4 aromatic rings. The zero-order valence-electron chi connectivity index (χ0n) is 19.6. The second kappa shape index (κ2) is 11.7. The Bertz CT molecular complexity index is 1480. The molecule has 0 aliphatic heterocycles. The fourth-order valence-electron chi connectivity index (χ4n) is 3.89. The first-order valence-electron chi connectivity index (χ1n) is 11.3. The highest BCUT2D eigenvalue weighted by atomic mass is 35.5. The number of carboxylic acid groups (broad SMARTS) is 1. The van der Waals surface area contributed by atoms with Crippen LogP contribution >= 0.6 is 35.0 Å². The van der Waals surface area contributed by atoms with Crippen LogP contribution in [0.25, 0.3) is 10.8 Å². The lowest BCUT2D eigenvalue weighted by atomic mass is 9.98. The topological polar surface area (TPSA) is 95.5 Å². The van der Waals surface area contributed by atoms with E-state index in [1.165, 1.54) is 17.8 Å². The van der Waals surface area contributed by atoms with Gasteiger partial charge in [0.1, 0.15) is 0 Å². The molecule has 3 N–H and O–H groups in total. The summed E-state index contributed by atoms with van der Waals surface area (Å²) >= 11 is 13.4. The van der Waals surface area contributed by atoms with Gasteiger partial charge in [-0.25, -0.2) is 4.79 Å². The molecule has 0 aromatic heterocycles. The Balaban J connectivity index is 1.52. The molecule has 4 aromatic carbocycles. The lowest BCUT2D eigenvalue weighted by molar-refractivity contribution is -0.115. The fourth-order valence-corrected chi connectivity index (χ4v) is 5.43. The van der Waals surface area contributed by atoms with Crippen molar-refractivity contribution in [1.82, 2.24) is 0 Å². The smallest absolute Gasteiger partial charge is 0.336 e. The van der Waals surface area contributed by atoms with Crippen molar-refractivity contribution in [3.05, 3.63) is 100 Å². The van der Waals surface area contributed by atoms with E-state index in [-0.39, 0.29) is 17.0 Å². The van der Waals surface area contributed by atoms with Crippen LogP contribution in [0.5, 0.6) is 0 Å². The summed E-state index contributed by atoms with van der Waals surface area (Å²) in [6.45, 7) is 1.91. The minimum absolute atomic E-state index is 0.0605. The number of hydrogen-bond donors (Lipinski definition) is 3. The van der Waals surface area contributed by atoms with Crippen molar-refractivity contribution in [3.63, 3.8) is 0 Å². The van der Waals surface area contributed by atoms with Crippen molar-refractivity contribution in [2.75, 3.05) is 10.6 Å². The van der Waals surface area contributed by atoms with E-state index >= 15 is 0 Å². The minimum Gasteiger partial charge on any atom is -0.478 e. The third-order valence-corrected chi connectivity index (χ3v) is 7.34. The Morgan fingerprint density at radius 1 is 0.838 bits per heavy atom. The Labute approximate surface area is 228 Å². The van der Waals surface area contributed by atoms with E-state index < -0.39 is 17.1 Å². The summed E-state index contributed by atoms with van der Waals surface area (Å²) < 4.78 is 0. The molecule has 0 bridgehead atoms. The number of anilines is 2. The molecule has 0 saturated heterocycles. The Morgan fingerprint density at radius 2 is 1.49 bits per heavy atom. The third kappa shape index (κ3) is 6.43. The average molecular weight is 553 g/mol. The monoisotopic (exact) mass is 552 g/mol. The van der Waals surface area contributed by atoms with Gasteiger partial charge in [0.15, 0.2) is 0 Å². The molecule has 0 aliphatic carbocycles. The van der Waals surface area contributed by atoms with Crippen LogP contribution in [-0.2, 0) is 4.79 Å². The highest BCUT2D eigenvalue weighted by Gasteiger charge is 2.20. The number of aromatic carboxylic acids is 1. The normalized spacial score (nSPS) is 11.6. The number of thioether (sulfide) groups is 1. The summed E-state index contributed by atoms with van der Waals surface area (Å²) in [6, 6.07) is 22.0. The maximum Gasteiger partial charge on any atom is 0.336 e. The summed E-state index contributed by atoms with van der Waals surface area (Å²) in [5.41, 5.74) is 1.36. The van der Waals surface area contributed by atoms with Crippen LogP contribution in [0.4, 0.5) is 11.4 Å². The van der Waals surface area contributed by atoms with Crippen molar-refractivity contribution >= 4 is 74.9 Å². The number of benzene rings is 4. The second-order valence-corrected chi connectivity index (χ2v) is 10.3. The van der Waals surface area contributed by atoms with Crippen molar-refractivity contribution in [2.45, 2.75) is 23.5 Å². The summed E-state index contributed by atoms with van der Waals surface area (Å²) in [5.74, 6) is -1.73. The molecule has 0 heterocycles. The minimum atomic E-state index is -1.10. The van der Waals surface area contributed by atoms with Crippen molar-refractivity contribution < 1.29 is 19.5 Å². The predicted octanol–water partition coefficient (Wildman–Crippen LogP) is 7.61. The molecule has 0 saturated carbocycles. The van der Waals surface area contributed by atoms with Gasteiger partial charge in [0.2, 0.25) is 5.91 Å². The van der Waals surface area contributed by atoms with Gasteiger partial charge in [-0.05, 0) is 60.3 Å². The van der Waals surface area contributed by atoms with E-state index in [1.807, 2.05) is 13.0 Å². The molecule has 2 amide bonds. The quantitative estimate of drug-likeness (QED) is 0.195. The summed E-state index contributed by atoms with van der Waals surface area (Å²) in [4.78, 5) is 38.6. The Kier molecular flexibility index (Phi) is 8.38. The van der Waals surface area contributed by atoms with Crippen molar-refractivity contribution in [2.24, 2.45) is 0 Å². The first kappa shape index (κ1) is 26.5. The molecule has 0 fully saturated rings. The number of fused-ring (bicyclic) bond motifs is 1. The molecule has 1 unspecified atom stereocenters. The highest BCUT2D eigenvalue weighted by Crippen LogP contribution is 2.30. The average Bonchev–Trinajstić information content (AvgIpc) is 2.86. The van der Waals surface area contributed by atoms with Crippen LogP contribution in [0.3, 0.4) is 0 Å². The zero-order chi connectivity index (χ0) is 26.5. The lowest BCUT2D eigenvalue weighted by Gasteiger charge is -2.16. The molecule has 4 rings (SSSR count). The van der Waals surface area contributed by atoms with E-state index in [4.69, 9.17) is 23.2 Å². The summed E-state index contributed by atoms with van der Waals surface area (Å²) in [7, 11) is 0. The van der Waals surface area contributed by atoms with Gasteiger partial charge < -0.3 is 15.7 Å². The molecule has 37 heavy (non-hydrogen) atoms. The van der Waals surface area contributed by atoms with Crippen LogP contribution in [0.2, 0.25) is 10.0 Å². The van der Waals surface area contributed by atoms with Crippen molar-refractivity contribution in [3.8, 4) is 0 Å². The van der Waals surface area contributed by atoms with E-state index in [0.717, 1.165) is 4.90 Å². The summed E-state index contributed by atoms with van der Waals surface area (Å²) in [5, 5.41) is 16.8. The van der Waals surface area contributed by atoms with E-state index in [9.17, 15) is 19.5 Å². The Morgan fingerprint density at radius 3 is 2.14 bits per heavy atom. The number of hydrogen-bond acceptors (Lipinski definition) is 4. The Hall–Kier alpha value is -3.52. The van der Waals surface area contributed by atoms with Crippen LogP contribution in [0, 0.1) is 0 Å². The number of carbonyl (C=O) groups is 3. The molecule has 188 valence electrons. The number of nitrogens with one attached hydrogen (secondary N) is 2. The van der Waals surface area contributed by atoms with Crippen molar-refractivity contribution in [1.29, 1.82) is 0 Å². The predicted molar refractivity (Wildman–Crippen MR) is 150 cm³/mol. The summed E-state index contributed by atoms with van der Waals surface area (Å²) in [6.07, 6.45) is 0.565. The maximum absolute atomic E-state index is 13.2. The van der Waals surface area contributed by atoms with Crippen LogP contribution in [0.1, 0.15) is 34.1 Å². The standard InChI is InChI=1S/C28H22Cl2N2O4S/c1-2-24(27(34)32-20-13-17(29)12-18(30)14-20)37-21-9-5-8-19(15-21)31-26(33)22-10-3-6-16-7-4-11-23(25(16)22)28(35)36/h3-15,24H,2H2,1H3,(H,31,33)(H,32,34)(H,35,36). The maximum atomic E-state index is 13.2. The zero-order valence-corrected chi connectivity index (χ0v) is 22.0. The SMILES string of the molecule is CCC(Sc1cccc(NC(=O)c2cccc3cccc(C(=O)O)c23)c1)C(=O)Nc1cc(Cl)cc(Cl)c1. The van der Waals surface area contributed by atoms with Gasteiger partial charge in [-0.3, -0.25) is 9.59 Å². The molecule has 0 radical (unpaired) electrons. The lowest BCUT2D eigenvalue weighted by Crippen LogP contribution is -2.24. The fraction of sp³-hybridized carbons (Fsp3) is 0.107. The molecule has 6 nitrogen and oxygen atoms in total. The number of carbonyl (C=O) groups excluding carboxylic acids is 2. The number of rotatable bonds is 8. The number of halogens is 2. The van der Waals surface area contributed by atoms with Gasteiger partial charge in [0, 0.05) is 37.3 Å². The number of carboxylic acids is 1. The van der Waals surface area contributed by atoms with E-state index in [2.05, 4.69) is 10.6 Å². The van der Waals surface area contributed by atoms with Crippen LogP contribution in [-0.4, -0.2) is 28.1 Å². The molecule has 0 aliphatic rings. The van der Waals surface area contributed by atoms with E-state index in [0.29, 0.717) is 38.6 Å². The molecule has 9 heteroatoms. The second-order valence-electron chi connectivity index (χ2n) is 8.16. The van der Waals surface area contributed by atoms with Crippen LogP contribution in [0.15, 0.2) is 83.8 Å². The van der Waals surface area contributed by atoms with Gasteiger partial charge in [-0.2, -0.15) is 0 Å². The van der Waals surface area contributed by atoms with Gasteiger partial charge in [-0.15, -0.1) is 11.8 Å². The van der Waals surface area contributed by atoms with Gasteiger partial charge in [-0.1, -0.05) is 60.5 Å². The first-order valence-corrected chi connectivity index (χ1v) is 13.0. The van der Waals surface area contributed by atoms with Gasteiger partial charge in [0.05, 0.1) is 10.8 Å². The molecule has 0 spiro atoms.